The summed E-state index contributed by atoms with van der Waals surface area (Å²) in [6.07, 6.45) is 1.88. The summed E-state index contributed by atoms with van der Waals surface area (Å²) in [5.41, 5.74) is 1.21. The first-order valence-electron chi connectivity index (χ1n) is 8.28. The van der Waals surface area contributed by atoms with Crippen LogP contribution in [0.15, 0.2) is 36.4 Å². The van der Waals surface area contributed by atoms with E-state index in [4.69, 9.17) is 21.7 Å². The molecule has 1 N–H and O–H groups in total. The molecule has 0 aliphatic carbocycles. The number of thiocarbonyl (C=S) groups is 1. The summed E-state index contributed by atoms with van der Waals surface area (Å²) in [4.78, 5) is 2.01. The van der Waals surface area contributed by atoms with E-state index < -0.39 is 11.6 Å². The first kappa shape index (κ1) is 18.4. The number of halogens is 2. The van der Waals surface area contributed by atoms with E-state index in [1.165, 1.54) is 12.1 Å². The molecule has 0 radical (unpaired) electrons. The molecule has 0 spiro atoms. The minimum absolute atomic E-state index is 0.0540. The number of ether oxygens (including phenoxy) is 2. The molecule has 2 aromatic carbocycles. The van der Waals surface area contributed by atoms with Gasteiger partial charge >= 0.3 is 0 Å². The van der Waals surface area contributed by atoms with Crippen LogP contribution in [0.1, 0.15) is 24.4 Å². The lowest BCUT2D eigenvalue weighted by Crippen LogP contribution is -2.34. The first-order valence-corrected chi connectivity index (χ1v) is 8.69. The minimum Gasteiger partial charge on any atom is -0.493 e. The van der Waals surface area contributed by atoms with Crippen molar-refractivity contribution in [2.45, 2.75) is 18.9 Å². The van der Waals surface area contributed by atoms with Gasteiger partial charge in [-0.05, 0) is 54.9 Å². The third kappa shape index (κ3) is 3.72. The first-order chi connectivity index (χ1) is 12.5. The molecule has 1 heterocycles. The lowest BCUT2D eigenvalue weighted by molar-refractivity contribution is 0.351. The van der Waals surface area contributed by atoms with Crippen LogP contribution in [0.25, 0.3) is 0 Å². The monoisotopic (exact) mass is 378 g/mol. The Kier molecular flexibility index (Phi) is 5.56. The highest BCUT2D eigenvalue weighted by molar-refractivity contribution is 7.80. The molecule has 1 saturated heterocycles. The standard InChI is InChI=1S/C19H20F2N2O2S/c1-24-17-8-5-12(10-18(17)25-2)16-4-3-9-23(16)19(26)22-15-7-6-13(20)11-14(15)21/h5-8,10-11,16H,3-4,9H2,1-2H3,(H,22,26)/t16-/m0/s1. The van der Waals surface area contributed by atoms with E-state index in [1.54, 1.807) is 14.2 Å². The Hall–Kier alpha value is -2.41. The van der Waals surface area contributed by atoms with E-state index in [0.29, 0.717) is 16.6 Å². The maximum absolute atomic E-state index is 13.9. The van der Waals surface area contributed by atoms with Crippen LogP contribution in [-0.4, -0.2) is 30.8 Å². The molecule has 1 aliphatic rings. The molecule has 7 heteroatoms. The van der Waals surface area contributed by atoms with Crippen LogP contribution in [0.4, 0.5) is 14.5 Å². The minimum atomic E-state index is -0.672. The molecule has 0 aromatic heterocycles. The average Bonchev–Trinajstić information content (AvgIpc) is 3.13. The van der Waals surface area contributed by atoms with Crippen molar-refractivity contribution in [2.24, 2.45) is 0 Å². The van der Waals surface area contributed by atoms with E-state index in [2.05, 4.69) is 5.32 Å². The Morgan fingerprint density at radius 1 is 1.12 bits per heavy atom. The van der Waals surface area contributed by atoms with Gasteiger partial charge in [0.2, 0.25) is 0 Å². The topological polar surface area (TPSA) is 33.7 Å². The third-order valence-electron chi connectivity index (χ3n) is 4.48. The summed E-state index contributed by atoms with van der Waals surface area (Å²) in [5.74, 6) is 0.0211. The van der Waals surface area contributed by atoms with Gasteiger partial charge < -0.3 is 19.7 Å². The number of nitrogens with zero attached hydrogens (tertiary/aromatic N) is 1. The summed E-state index contributed by atoms with van der Waals surface area (Å²) >= 11 is 5.47. The number of hydrogen-bond donors (Lipinski definition) is 1. The van der Waals surface area contributed by atoms with Crippen LogP contribution < -0.4 is 14.8 Å². The van der Waals surface area contributed by atoms with Crippen molar-refractivity contribution in [2.75, 3.05) is 26.1 Å². The highest BCUT2D eigenvalue weighted by Crippen LogP contribution is 2.37. The zero-order valence-corrected chi connectivity index (χ0v) is 15.4. The number of benzene rings is 2. The fraction of sp³-hybridized carbons (Fsp3) is 0.316. The van der Waals surface area contributed by atoms with Crippen molar-refractivity contribution < 1.29 is 18.3 Å². The Balaban J connectivity index is 1.80. The number of anilines is 1. The number of methoxy groups -OCH3 is 2. The van der Waals surface area contributed by atoms with Crippen LogP contribution in [0.3, 0.4) is 0 Å². The van der Waals surface area contributed by atoms with Crippen LogP contribution >= 0.6 is 12.2 Å². The van der Waals surface area contributed by atoms with Crippen molar-refractivity contribution in [1.29, 1.82) is 0 Å². The number of nitrogens with one attached hydrogen (secondary N) is 1. The molecule has 1 aliphatic heterocycles. The molecule has 3 rings (SSSR count). The van der Waals surface area contributed by atoms with E-state index in [1.807, 2.05) is 23.1 Å². The molecule has 138 valence electrons. The molecule has 0 bridgehead atoms. The maximum Gasteiger partial charge on any atom is 0.174 e. The van der Waals surface area contributed by atoms with Gasteiger partial charge in [-0.15, -0.1) is 0 Å². The van der Waals surface area contributed by atoms with Gasteiger partial charge in [0, 0.05) is 12.6 Å². The van der Waals surface area contributed by atoms with Crippen molar-refractivity contribution >= 4 is 23.0 Å². The summed E-state index contributed by atoms with van der Waals surface area (Å²) in [5, 5.41) is 3.30. The molecular weight excluding hydrogens is 358 g/mol. The molecule has 2 aromatic rings. The second-order valence-electron chi connectivity index (χ2n) is 6.02. The third-order valence-corrected chi connectivity index (χ3v) is 4.82. The van der Waals surface area contributed by atoms with Crippen LogP contribution in [-0.2, 0) is 0 Å². The molecule has 1 fully saturated rings. The van der Waals surface area contributed by atoms with Gasteiger partial charge in [-0.25, -0.2) is 8.78 Å². The van der Waals surface area contributed by atoms with Gasteiger partial charge in [-0.1, -0.05) is 6.07 Å². The summed E-state index contributed by atoms with van der Waals surface area (Å²) < 4.78 is 37.6. The molecule has 1 atom stereocenters. The zero-order valence-electron chi connectivity index (χ0n) is 14.6. The fourth-order valence-electron chi connectivity index (χ4n) is 3.19. The van der Waals surface area contributed by atoms with Crippen LogP contribution in [0, 0.1) is 11.6 Å². The lowest BCUT2D eigenvalue weighted by atomic mass is 10.0. The highest BCUT2D eigenvalue weighted by atomic mass is 32.1. The molecular formula is C19H20F2N2O2S. The average molecular weight is 378 g/mol. The van der Waals surface area contributed by atoms with Gasteiger partial charge in [0.15, 0.2) is 16.6 Å². The highest BCUT2D eigenvalue weighted by Gasteiger charge is 2.29. The van der Waals surface area contributed by atoms with Crippen molar-refractivity contribution in [3.05, 3.63) is 53.6 Å². The number of hydrogen-bond acceptors (Lipinski definition) is 3. The van der Waals surface area contributed by atoms with E-state index in [9.17, 15) is 8.78 Å². The predicted octanol–water partition coefficient (Wildman–Crippen LogP) is 4.52. The molecule has 4 nitrogen and oxygen atoms in total. The number of likely N-dealkylation sites (tertiary alicyclic amines) is 1. The smallest absolute Gasteiger partial charge is 0.174 e. The Labute approximate surface area is 156 Å². The van der Waals surface area contributed by atoms with Crippen molar-refractivity contribution in [3.63, 3.8) is 0 Å². The van der Waals surface area contributed by atoms with Gasteiger partial charge in [-0.3, -0.25) is 0 Å². The lowest BCUT2D eigenvalue weighted by Gasteiger charge is -2.28. The summed E-state index contributed by atoms with van der Waals surface area (Å²) in [6, 6.07) is 9.20. The summed E-state index contributed by atoms with van der Waals surface area (Å²) in [7, 11) is 3.19. The second kappa shape index (κ2) is 7.86. The molecule has 26 heavy (non-hydrogen) atoms. The summed E-state index contributed by atoms with van der Waals surface area (Å²) in [6.45, 7) is 0.758. The van der Waals surface area contributed by atoms with Gasteiger partial charge in [0.25, 0.3) is 0 Å². The second-order valence-corrected chi connectivity index (χ2v) is 6.41. The largest absolute Gasteiger partial charge is 0.493 e. The van der Waals surface area contributed by atoms with E-state index >= 15 is 0 Å². The Bertz CT molecular complexity index is 816. The van der Waals surface area contributed by atoms with Crippen molar-refractivity contribution in [3.8, 4) is 11.5 Å². The van der Waals surface area contributed by atoms with Gasteiger partial charge in [0.05, 0.1) is 25.9 Å². The molecule has 0 unspecified atom stereocenters. The SMILES string of the molecule is COc1ccc([C@@H]2CCCN2C(=S)Nc2ccc(F)cc2F)cc1OC. The van der Waals surface area contributed by atoms with Crippen molar-refractivity contribution in [1.82, 2.24) is 4.90 Å². The normalized spacial score (nSPS) is 16.5. The predicted molar refractivity (Wildman–Crippen MR) is 101 cm³/mol. The van der Waals surface area contributed by atoms with Crippen LogP contribution in [0.5, 0.6) is 11.5 Å². The van der Waals surface area contributed by atoms with Gasteiger partial charge in [-0.2, -0.15) is 0 Å². The Morgan fingerprint density at radius 3 is 2.58 bits per heavy atom. The number of rotatable bonds is 4. The van der Waals surface area contributed by atoms with Gasteiger partial charge in [0.1, 0.15) is 11.6 Å². The fourth-order valence-corrected chi connectivity index (χ4v) is 3.52. The van der Waals surface area contributed by atoms with E-state index in [0.717, 1.165) is 31.0 Å². The molecule has 0 amide bonds. The zero-order chi connectivity index (χ0) is 18.7. The Morgan fingerprint density at radius 2 is 1.88 bits per heavy atom. The molecule has 0 saturated carbocycles. The van der Waals surface area contributed by atoms with E-state index in [-0.39, 0.29) is 11.7 Å². The maximum atomic E-state index is 13.9. The quantitative estimate of drug-likeness (QED) is 0.792. The van der Waals surface area contributed by atoms with Crippen LogP contribution in [0.2, 0.25) is 0 Å².